The topological polar surface area (TPSA) is 49.2 Å². The molecule has 0 unspecified atom stereocenters. The van der Waals surface area contributed by atoms with Crippen LogP contribution in [0.25, 0.3) is 10.9 Å². The number of aromatic nitrogens is 2. The molecule has 112 valence electrons. The van der Waals surface area contributed by atoms with Crippen molar-refractivity contribution in [3.05, 3.63) is 30.1 Å². The molecule has 0 saturated heterocycles. The number of halogens is 2. The first-order valence-electron chi connectivity index (χ1n) is 7.13. The predicted molar refractivity (Wildman–Crippen MR) is 76.6 cm³/mol. The van der Waals surface area contributed by atoms with Crippen LogP contribution in [0.5, 0.6) is 0 Å². The first kappa shape index (κ1) is 14.1. The number of alkyl halides is 2. The summed E-state index contributed by atoms with van der Waals surface area (Å²) in [6, 6.07) is 7.43. The fourth-order valence-corrected chi connectivity index (χ4v) is 2.66. The van der Waals surface area contributed by atoms with Crippen LogP contribution in [0.2, 0.25) is 0 Å². The van der Waals surface area contributed by atoms with Crippen molar-refractivity contribution in [1.82, 2.24) is 9.97 Å². The Bertz CT molecular complexity index is 631. The standard InChI is InChI=1S/C15H17F2N3O/c16-13(17)14-18-12-7-2-1-6-11(12)15(19-14)20(8-9-21)10-4-3-5-10/h1-2,6-7,10,13,21H,3-5,8-9H2. The van der Waals surface area contributed by atoms with Gasteiger partial charge in [0.05, 0.1) is 12.1 Å². The lowest BCUT2D eigenvalue weighted by Gasteiger charge is -2.38. The molecular weight excluding hydrogens is 276 g/mol. The van der Waals surface area contributed by atoms with Gasteiger partial charge in [-0.05, 0) is 31.4 Å². The van der Waals surface area contributed by atoms with Crippen molar-refractivity contribution in [2.45, 2.75) is 31.7 Å². The first-order chi connectivity index (χ1) is 10.2. The molecule has 0 radical (unpaired) electrons. The van der Waals surface area contributed by atoms with Gasteiger partial charge in [0.25, 0.3) is 6.43 Å². The molecular formula is C15H17F2N3O. The van der Waals surface area contributed by atoms with Crippen LogP contribution in [0.4, 0.5) is 14.6 Å². The fraction of sp³-hybridized carbons (Fsp3) is 0.467. The molecule has 21 heavy (non-hydrogen) atoms. The highest BCUT2D eigenvalue weighted by Gasteiger charge is 2.28. The van der Waals surface area contributed by atoms with E-state index in [1.165, 1.54) is 0 Å². The number of nitrogens with zero attached hydrogens (tertiary/aromatic N) is 3. The summed E-state index contributed by atoms with van der Waals surface area (Å²) >= 11 is 0. The van der Waals surface area contributed by atoms with Crippen molar-refractivity contribution in [2.24, 2.45) is 0 Å². The predicted octanol–water partition coefficient (Wildman–Crippen LogP) is 2.92. The highest BCUT2D eigenvalue weighted by Crippen LogP contribution is 2.33. The van der Waals surface area contributed by atoms with Crippen molar-refractivity contribution >= 4 is 16.7 Å². The molecule has 1 heterocycles. The van der Waals surface area contributed by atoms with E-state index < -0.39 is 12.2 Å². The molecule has 1 aromatic heterocycles. The number of para-hydroxylation sites is 1. The summed E-state index contributed by atoms with van der Waals surface area (Å²) < 4.78 is 26.1. The number of hydrogen-bond donors (Lipinski definition) is 1. The van der Waals surface area contributed by atoms with Gasteiger partial charge in [0, 0.05) is 18.0 Å². The molecule has 1 saturated carbocycles. The Balaban J connectivity index is 2.13. The number of fused-ring (bicyclic) bond motifs is 1. The lowest BCUT2D eigenvalue weighted by Crippen LogP contribution is -2.42. The smallest absolute Gasteiger partial charge is 0.297 e. The second kappa shape index (κ2) is 5.89. The maximum absolute atomic E-state index is 13.0. The molecule has 4 nitrogen and oxygen atoms in total. The van der Waals surface area contributed by atoms with Gasteiger partial charge >= 0.3 is 0 Å². The number of aliphatic hydroxyl groups is 1. The van der Waals surface area contributed by atoms with Crippen LogP contribution in [0.1, 0.15) is 31.5 Å². The summed E-state index contributed by atoms with van der Waals surface area (Å²) in [5, 5.41) is 10.0. The van der Waals surface area contributed by atoms with Gasteiger partial charge in [0.1, 0.15) is 5.82 Å². The second-order valence-electron chi connectivity index (χ2n) is 5.22. The quantitative estimate of drug-likeness (QED) is 0.921. The van der Waals surface area contributed by atoms with Gasteiger partial charge in [0.15, 0.2) is 5.82 Å². The van der Waals surface area contributed by atoms with E-state index in [1.54, 1.807) is 12.1 Å². The van der Waals surface area contributed by atoms with E-state index in [-0.39, 0.29) is 12.6 Å². The van der Waals surface area contributed by atoms with E-state index in [1.807, 2.05) is 17.0 Å². The molecule has 1 aromatic carbocycles. The average Bonchev–Trinajstić information content (AvgIpc) is 2.43. The summed E-state index contributed by atoms with van der Waals surface area (Å²) in [6.07, 6.45) is 0.424. The lowest BCUT2D eigenvalue weighted by atomic mass is 9.91. The van der Waals surface area contributed by atoms with Gasteiger partial charge < -0.3 is 10.0 Å². The summed E-state index contributed by atoms with van der Waals surface area (Å²) in [5.74, 6) is 0.0561. The van der Waals surface area contributed by atoms with Crippen LogP contribution in [0.3, 0.4) is 0 Å². The molecule has 1 aliphatic carbocycles. The SMILES string of the molecule is OCCN(c1nc(C(F)F)nc2ccccc12)C1CCC1. The summed E-state index contributed by atoms with van der Waals surface area (Å²) in [5.41, 5.74) is 0.514. The van der Waals surface area contributed by atoms with E-state index >= 15 is 0 Å². The molecule has 2 aromatic rings. The number of aliphatic hydroxyl groups excluding tert-OH is 1. The maximum atomic E-state index is 13.0. The third-order valence-corrected chi connectivity index (χ3v) is 3.92. The first-order valence-corrected chi connectivity index (χ1v) is 7.13. The van der Waals surface area contributed by atoms with Gasteiger partial charge in [-0.3, -0.25) is 0 Å². The zero-order valence-electron chi connectivity index (χ0n) is 11.5. The molecule has 0 amide bonds. The molecule has 1 fully saturated rings. The van der Waals surface area contributed by atoms with E-state index in [2.05, 4.69) is 9.97 Å². The van der Waals surface area contributed by atoms with Gasteiger partial charge in [-0.25, -0.2) is 18.7 Å². The Kier molecular flexibility index (Phi) is 3.96. The van der Waals surface area contributed by atoms with Crippen LogP contribution < -0.4 is 4.90 Å². The van der Waals surface area contributed by atoms with Gasteiger partial charge in [-0.2, -0.15) is 0 Å². The van der Waals surface area contributed by atoms with Crippen molar-refractivity contribution in [3.63, 3.8) is 0 Å². The fourth-order valence-electron chi connectivity index (χ4n) is 2.66. The van der Waals surface area contributed by atoms with Gasteiger partial charge in [-0.1, -0.05) is 12.1 Å². The molecule has 0 atom stereocenters. The van der Waals surface area contributed by atoms with Crippen molar-refractivity contribution in [1.29, 1.82) is 0 Å². The number of anilines is 1. The summed E-state index contributed by atoms with van der Waals surface area (Å²) in [7, 11) is 0. The van der Waals surface area contributed by atoms with E-state index in [4.69, 9.17) is 0 Å². The number of benzene rings is 1. The molecule has 0 aliphatic heterocycles. The zero-order valence-corrected chi connectivity index (χ0v) is 11.5. The Morgan fingerprint density at radius 2 is 2.00 bits per heavy atom. The third kappa shape index (κ3) is 2.68. The largest absolute Gasteiger partial charge is 0.395 e. The minimum Gasteiger partial charge on any atom is -0.395 e. The van der Waals surface area contributed by atoms with Crippen molar-refractivity contribution in [3.8, 4) is 0 Å². The molecule has 6 heteroatoms. The van der Waals surface area contributed by atoms with E-state index in [9.17, 15) is 13.9 Å². The maximum Gasteiger partial charge on any atom is 0.297 e. The minimum atomic E-state index is -2.70. The van der Waals surface area contributed by atoms with Crippen LogP contribution in [-0.4, -0.2) is 34.3 Å². The molecule has 0 spiro atoms. The third-order valence-electron chi connectivity index (χ3n) is 3.92. The van der Waals surface area contributed by atoms with Crippen LogP contribution >= 0.6 is 0 Å². The van der Waals surface area contributed by atoms with Gasteiger partial charge in [-0.15, -0.1) is 0 Å². The van der Waals surface area contributed by atoms with Crippen molar-refractivity contribution in [2.75, 3.05) is 18.1 Å². The van der Waals surface area contributed by atoms with E-state index in [0.717, 1.165) is 24.6 Å². The highest BCUT2D eigenvalue weighted by atomic mass is 19.3. The van der Waals surface area contributed by atoms with Crippen LogP contribution in [-0.2, 0) is 0 Å². The summed E-state index contributed by atoms with van der Waals surface area (Å²) in [4.78, 5) is 9.95. The normalized spacial score (nSPS) is 15.4. The molecule has 0 bridgehead atoms. The minimum absolute atomic E-state index is 0.0289. The Hall–Kier alpha value is -1.82. The Morgan fingerprint density at radius 1 is 1.24 bits per heavy atom. The van der Waals surface area contributed by atoms with Crippen LogP contribution in [0, 0.1) is 0 Å². The average molecular weight is 293 g/mol. The Labute approximate surface area is 121 Å². The number of hydrogen-bond acceptors (Lipinski definition) is 4. The van der Waals surface area contributed by atoms with Crippen LogP contribution in [0.15, 0.2) is 24.3 Å². The monoisotopic (exact) mass is 293 g/mol. The Morgan fingerprint density at radius 3 is 2.62 bits per heavy atom. The summed E-state index contributed by atoms with van der Waals surface area (Å²) in [6.45, 7) is 0.368. The van der Waals surface area contributed by atoms with E-state index in [0.29, 0.717) is 17.9 Å². The number of rotatable bonds is 5. The molecule has 1 N–H and O–H groups in total. The molecule has 3 rings (SSSR count). The van der Waals surface area contributed by atoms with Crippen molar-refractivity contribution < 1.29 is 13.9 Å². The zero-order chi connectivity index (χ0) is 14.8. The van der Waals surface area contributed by atoms with Gasteiger partial charge in [0.2, 0.25) is 0 Å². The second-order valence-corrected chi connectivity index (χ2v) is 5.22. The molecule has 1 aliphatic rings. The highest BCUT2D eigenvalue weighted by molar-refractivity contribution is 5.89. The lowest BCUT2D eigenvalue weighted by molar-refractivity contribution is 0.140.